The van der Waals surface area contributed by atoms with E-state index in [1.165, 1.54) is 16.6 Å². The van der Waals surface area contributed by atoms with Crippen LogP contribution in [-0.4, -0.2) is 31.3 Å². The van der Waals surface area contributed by atoms with Crippen molar-refractivity contribution in [1.82, 2.24) is 20.2 Å². The quantitative estimate of drug-likeness (QED) is 0.319. The zero-order chi connectivity index (χ0) is 16.9. The molecule has 0 aliphatic heterocycles. The van der Waals surface area contributed by atoms with Crippen molar-refractivity contribution >= 4 is 5.84 Å². The van der Waals surface area contributed by atoms with Crippen LogP contribution in [0.15, 0.2) is 53.9 Å². The number of benzene rings is 2. The lowest BCUT2D eigenvalue weighted by Gasteiger charge is -2.12. The van der Waals surface area contributed by atoms with Crippen LogP contribution in [0.2, 0.25) is 0 Å². The summed E-state index contributed by atoms with van der Waals surface area (Å²) in [6, 6.07) is 13.2. The van der Waals surface area contributed by atoms with Gasteiger partial charge in [-0.1, -0.05) is 35.0 Å². The van der Waals surface area contributed by atoms with Crippen LogP contribution in [0, 0.1) is 6.92 Å². The van der Waals surface area contributed by atoms with E-state index in [4.69, 9.17) is 15.7 Å². The predicted molar refractivity (Wildman–Crippen MR) is 87.2 cm³/mol. The summed E-state index contributed by atoms with van der Waals surface area (Å²) in [6.45, 7) is 2.43. The molecule has 0 saturated heterocycles. The summed E-state index contributed by atoms with van der Waals surface area (Å²) in [7, 11) is 0. The summed E-state index contributed by atoms with van der Waals surface area (Å²) < 4.78 is 7.37. The fourth-order valence-corrected chi connectivity index (χ4v) is 2.27. The minimum Gasteiger partial charge on any atom is -0.487 e. The number of aryl methyl sites for hydroxylation is 1. The van der Waals surface area contributed by atoms with Gasteiger partial charge in [0.1, 0.15) is 24.4 Å². The molecule has 1 heterocycles. The third-order valence-electron chi connectivity index (χ3n) is 3.44. The third kappa shape index (κ3) is 3.32. The number of ether oxygens (including phenoxy) is 1. The first-order valence-electron chi connectivity index (χ1n) is 7.21. The van der Waals surface area contributed by atoms with Crippen molar-refractivity contribution in [3.05, 3.63) is 65.5 Å². The van der Waals surface area contributed by atoms with E-state index >= 15 is 0 Å². The second-order valence-corrected chi connectivity index (χ2v) is 5.20. The third-order valence-corrected chi connectivity index (χ3v) is 3.44. The lowest BCUT2D eigenvalue weighted by molar-refractivity contribution is 0.304. The highest BCUT2D eigenvalue weighted by atomic mass is 16.5. The van der Waals surface area contributed by atoms with Crippen molar-refractivity contribution < 1.29 is 9.94 Å². The maximum atomic E-state index is 8.84. The Balaban J connectivity index is 1.92. The van der Waals surface area contributed by atoms with Gasteiger partial charge in [-0.05, 0) is 41.1 Å². The summed E-state index contributed by atoms with van der Waals surface area (Å²) in [5, 5.41) is 23.0. The summed E-state index contributed by atoms with van der Waals surface area (Å²) in [5.74, 6) is 0.577. The van der Waals surface area contributed by atoms with Gasteiger partial charge in [-0.25, -0.2) is 0 Å². The van der Waals surface area contributed by atoms with Crippen molar-refractivity contribution in [3.8, 4) is 11.4 Å². The van der Waals surface area contributed by atoms with Crippen molar-refractivity contribution in [2.75, 3.05) is 0 Å². The molecule has 1 aromatic heterocycles. The molecule has 0 saturated carbocycles. The molecule has 3 rings (SSSR count). The minimum atomic E-state index is -0.00504. The van der Waals surface area contributed by atoms with Gasteiger partial charge in [-0.2, -0.15) is 4.68 Å². The maximum Gasteiger partial charge on any atom is 0.170 e. The summed E-state index contributed by atoms with van der Waals surface area (Å²) in [4.78, 5) is 0. The second kappa shape index (κ2) is 6.78. The Hall–Kier alpha value is -3.42. The Kier molecular flexibility index (Phi) is 4.37. The zero-order valence-corrected chi connectivity index (χ0v) is 13.0. The first-order valence-corrected chi connectivity index (χ1v) is 7.21. The Morgan fingerprint density at radius 1 is 1.29 bits per heavy atom. The first kappa shape index (κ1) is 15.5. The predicted octanol–water partition coefficient (Wildman–Crippen LogP) is 1.64. The molecule has 0 unspecified atom stereocenters. The molecule has 0 spiro atoms. The van der Waals surface area contributed by atoms with Crippen molar-refractivity contribution in [2.45, 2.75) is 13.5 Å². The topological polar surface area (TPSA) is 111 Å². The van der Waals surface area contributed by atoms with Crippen LogP contribution in [0.25, 0.3) is 5.69 Å². The van der Waals surface area contributed by atoms with E-state index in [0.717, 1.165) is 5.56 Å². The maximum absolute atomic E-state index is 8.84. The molecule has 8 nitrogen and oxygen atoms in total. The van der Waals surface area contributed by atoms with E-state index in [-0.39, 0.29) is 5.84 Å². The molecule has 3 N–H and O–H groups in total. The highest BCUT2D eigenvalue weighted by Gasteiger charge is 2.11. The number of amidine groups is 1. The largest absolute Gasteiger partial charge is 0.487 e. The van der Waals surface area contributed by atoms with Crippen LogP contribution in [0.1, 0.15) is 16.7 Å². The number of tetrazole rings is 1. The van der Waals surface area contributed by atoms with Gasteiger partial charge in [0.15, 0.2) is 5.84 Å². The number of nitrogens with two attached hydrogens (primary N) is 1. The average molecular weight is 324 g/mol. The van der Waals surface area contributed by atoms with Gasteiger partial charge in [0.25, 0.3) is 0 Å². The molecule has 8 heteroatoms. The smallest absolute Gasteiger partial charge is 0.170 e. The number of hydrogen-bond acceptors (Lipinski definition) is 6. The van der Waals surface area contributed by atoms with Crippen LogP contribution in [0.5, 0.6) is 5.75 Å². The number of hydrogen-bond donors (Lipinski definition) is 2. The van der Waals surface area contributed by atoms with Crippen molar-refractivity contribution in [2.24, 2.45) is 10.9 Å². The van der Waals surface area contributed by atoms with Crippen LogP contribution < -0.4 is 10.5 Å². The zero-order valence-electron chi connectivity index (χ0n) is 13.0. The SMILES string of the molecule is Cc1cccc(COc2ccc(C(N)=NO)cc2-n2cnnn2)c1. The normalized spacial score (nSPS) is 11.5. The molecule has 0 atom stereocenters. The van der Waals surface area contributed by atoms with Crippen LogP contribution in [0.4, 0.5) is 0 Å². The molecule has 0 radical (unpaired) electrons. The highest BCUT2D eigenvalue weighted by Crippen LogP contribution is 2.24. The van der Waals surface area contributed by atoms with Crippen LogP contribution in [0.3, 0.4) is 0 Å². The molecule has 3 aromatic rings. The Morgan fingerprint density at radius 3 is 2.88 bits per heavy atom. The van der Waals surface area contributed by atoms with Crippen LogP contribution in [-0.2, 0) is 6.61 Å². The van der Waals surface area contributed by atoms with Gasteiger partial charge in [0.05, 0.1) is 0 Å². The number of oxime groups is 1. The Labute approximate surface area is 138 Å². The van der Waals surface area contributed by atoms with E-state index in [1.54, 1.807) is 18.2 Å². The molecule has 0 fully saturated rings. The monoisotopic (exact) mass is 324 g/mol. The van der Waals surface area contributed by atoms with E-state index in [0.29, 0.717) is 23.6 Å². The van der Waals surface area contributed by atoms with Gasteiger partial charge in [0.2, 0.25) is 0 Å². The number of aromatic nitrogens is 4. The Morgan fingerprint density at radius 2 is 2.17 bits per heavy atom. The lowest BCUT2D eigenvalue weighted by atomic mass is 10.1. The highest BCUT2D eigenvalue weighted by molar-refractivity contribution is 5.97. The van der Waals surface area contributed by atoms with Gasteiger partial charge < -0.3 is 15.7 Å². The molecule has 0 bridgehead atoms. The molecule has 0 amide bonds. The fourth-order valence-electron chi connectivity index (χ4n) is 2.27. The Bertz CT molecular complexity index is 861. The number of rotatable bonds is 5. The molecular weight excluding hydrogens is 308 g/mol. The molecule has 122 valence electrons. The first-order chi connectivity index (χ1) is 11.7. The lowest BCUT2D eigenvalue weighted by Crippen LogP contribution is -2.14. The van der Waals surface area contributed by atoms with E-state index < -0.39 is 0 Å². The minimum absolute atomic E-state index is 0.00504. The standard InChI is InChI=1S/C16H16N6O2/c1-11-3-2-4-12(7-11)9-24-15-6-5-13(16(17)19-23)8-14(15)22-10-18-20-21-22/h2-8,10,23H,9H2,1H3,(H2,17,19). The van der Waals surface area contributed by atoms with Crippen molar-refractivity contribution in [1.29, 1.82) is 0 Å². The average Bonchev–Trinajstić information content (AvgIpc) is 3.13. The van der Waals surface area contributed by atoms with Crippen molar-refractivity contribution in [3.63, 3.8) is 0 Å². The van der Waals surface area contributed by atoms with Gasteiger partial charge in [0, 0.05) is 5.56 Å². The van der Waals surface area contributed by atoms with E-state index in [9.17, 15) is 0 Å². The van der Waals surface area contributed by atoms with Crippen LogP contribution >= 0.6 is 0 Å². The molecule has 0 aliphatic carbocycles. The molecular formula is C16H16N6O2. The molecule has 0 aliphatic rings. The summed E-state index contributed by atoms with van der Waals surface area (Å²) in [6.07, 6.45) is 1.45. The number of nitrogens with zero attached hydrogens (tertiary/aromatic N) is 5. The summed E-state index contributed by atoms with van der Waals surface area (Å²) in [5.41, 5.74) is 8.99. The fraction of sp³-hybridized carbons (Fsp3) is 0.125. The molecule has 2 aromatic carbocycles. The summed E-state index contributed by atoms with van der Waals surface area (Å²) >= 11 is 0. The van der Waals surface area contributed by atoms with E-state index in [1.807, 2.05) is 25.1 Å². The second-order valence-electron chi connectivity index (χ2n) is 5.20. The van der Waals surface area contributed by atoms with Gasteiger partial charge in [-0.15, -0.1) is 5.10 Å². The molecule has 24 heavy (non-hydrogen) atoms. The van der Waals surface area contributed by atoms with Gasteiger partial charge in [-0.3, -0.25) is 0 Å². The van der Waals surface area contributed by atoms with E-state index in [2.05, 4.69) is 26.7 Å². The van der Waals surface area contributed by atoms with Gasteiger partial charge >= 0.3 is 0 Å².